The summed E-state index contributed by atoms with van der Waals surface area (Å²) < 4.78 is 0. The maximum absolute atomic E-state index is 11.6. The van der Waals surface area contributed by atoms with Crippen molar-refractivity contribution < 1.29 is 4.79 Å². The molecule has 1 atom stereocenters. The van der Waals surface area contributed by atoms with Crippen LogP contribution in [0.3, 0.4) is 0 Å². The van der Waals surface area contributed by atoms with Crippen LogP contribution in [0.15, 0.2) is 29.3 Å². The molecule has 0 spiro atoms. The molecule has 8 heteroatoms. The minimum absolute atomic E-state index is 0. The zero-order valence-electron chi connectivity index (χ0n) is 17.0. The van der Waals surface area contributed by atoms with Crippen molar-refractivity contribution in [3.63, 3.8) is 0 Å². The third kappa shape index (κ3) is 8.03. The molecule has 158 valence electrons. The van der Waals surface area contributed by atoms with Crippen molar-refractivity contribution in [3.05, 3.63) is 29.3 Å². The molecule has 1 heterocycles. The summed E-state index contributed by atoms with van der Waals surface area (Å²) >= 11 is 6.36. The van der Waals surface area contributed by atoms with E-state index in [-0.39, 0.29) is 35.8 Å². The first kappa shape index (κ1) is 24.8. The fourth-order valence-electron chi connectivity index (χ4n) is 3.09. The van der Waals surface area contributed by atoms with E-state index >= 15 is 0 Å². The van der Waals surface area contributed by atoms with Gasteiger partial charge in [0.05, 0.1) is 17.3 Å². The van der Waals surface area contributed by atoms with E-state index in [9.17, 15) is 4.79 Å². The van der Waals surface area contributed by atoms with Gasteiger partial charge in [-0.3, -0.25) is 9.79 Å². The van der Waals surface area contributed by atoms with Crippen LogP contribution >= 0.6 is 35.6 Å². The summed E-state index contributed by atoms with van der Waals surface area (Å²) in [4.78, 5) is 18.5. The lowest BCUT2D eigenvalue weighted by atomic mass is 10.0. The number of nitrogens with one attached hydrogen (secondary N) is 3. The second kappa shape index (κ2) is 13.1. The van der Waals surface area contributed by atoms with Crippen LogP contribution in [0.25, 0.3) is 0 Å². The molecule has 1 aromatic carbocycles. The minimum Gasteiger partial charge on any atom is -0.368 e. The fourth-order valence-corrected chi connectivity index (χ4v) is 3.34. The number of halogens is 2. The largest absolute Gasteiger partial charge is 0.368 e. The number of benzene rings is 1. The molecule has 2 rings (SSSR count). The highest BCUT2D eigenvalue weighted by atomic mass is 127. The summed E-state index contributed by atoms with van der Waals surface area (Å²) in [5.41, 5.74) is 1.09. The van der Waals surface area contributed by atoms with Gasteiger partial charge in [0, 0.05) is 38.1 Å². The highest BCUT2D eigenvalue weighted by Crippen LogP contribution is 2.27. The molecule has 0 aliphatic carbocycles. The average Bonchev–Trinajstić information content (AvgIpc) is 2.65. The maximum atomic E-state index is 11.6. The molecule has 1 aliphatic rings. The molecule has 0 saturated carbocycles. The van der Waals surface area contributed by atoms with Crippen molar-refractivity contribution in [2.75, 3.05) is 37.6 Å². The highest BCUT2D eigenvalue weighted by molar-refractivity contribution is 14.0. The normalized spacial score (nSPS) is 17.1. The van der Waals surface area contributed by atoms with E-state index in [2.05, 4.69) is 38.8 Å². The summed E-state index contributed by atoms with van der Waals surface area (Å²) in [6.45, 7) is 9.61. The van der Waals surface area contributed by atoms with Gasteiger partial charge < -0.3 is 20.9 Å². The van der Waals surface area contributed by atoms with Crippen LogP contribution in [-0.4, -0.2) is 50.6 Å². The minimum atomic E-state index is -0.00151. The van der Waals surface area contributed by atoms with Crippen molar-refractivity contribution in [1.29, 1.82) is 0 Å². The number of guanidine groups is 1. The summed E-state index contributed by atoms with van der Waals surface area (Å²) in [6.07, 6.45) is 2.20. The number of carbonyl (C=O) groups is 1. The Labute approximate surface area is 190 Å². The number of nitrogens with zero attached hydrogens (tertiary/aromatic N) is 2. The molecular formula is C20H33ClIN5O. The van der Waals surface area contributed by atoms with Gasteiger partial charge in [-0.15, -0.1) is 24.0 Å². The molecule has 1 saturated heterocycles. The predicted octanol–water partition coefficient (Wildman–Crippen LogP) is 3.25. The lowest BCUT2D eigenvalue weighted by molar-refractivity contribution is -0.123. The monoisotopic (exact) mass is 521 g/mol. The molecular weight excluding hydrogens is 489 g/mol. The van der Waals surface area contributed by atoms with E-state index in [0.717, 1.165) is 49.1 Å². The van der Waals surface area contributed by atoms with Crippen LogP contribution in [0.2, 0.25) is 5.02 Å². The second-order valence-electron chi connectivity index (χ2n) is 7.09. The van der Waals surface area contributed by atoms with Crippen LogP contribution in [-0.2, 0) is 4.79 Å². The number of aliphatic imine (C=N–C) groups is 1. The number of hydrogen-bond donors (Lipinski definition) is 3. The van der Waals surface area contributed by atoms with Gasteiger partial charge in [-0.1, -0.05) is 37.6 Å². The number of hydrogen-bond acceptors (Lipinski definition) is 3. The Balaban J connectivity index is 0.00000392. The Hall–Kier alpha value is -1.22. The standard InChI is InChI=1S/C20H32ClN5O.HI/c1-4-22-20(24-12-11-23-19(27)15(2)3)25-16-8-7-13-26(14-16)18-10-6-5-9-17(18)21;/h5-6,9-10,15-16H,4,7-8,11-14H2,1-3H3,(H,23,27)(H2,22,24,25);1H. The smallest absolute Gasteiger partial charge is 0.222 e. The summed E-state index contributed by atoms with van der Waals surface area (Å²) in [5.74, 6) is 0.853. The third-order valence-corrected chi connectivity index (χ3v) is 4.82. The molecule has 1 fully saturated rings. The van der Waals surface area contributed by atoms with E-state index in [1.807, 2.05) is 32.0 Å². The van der Waals surface area contributed by atoms with E-state index < -0.39 is 0 Å². The highest BCUT2D eigenvalue weighted by Gasteiger charge is 2.22. The SMILES string of the molecule is CCNC(=NCCNC(=O)C(C)C)NC1CCCN(c2ccccc2Cl)C1.I. The molecule has 0 aromatic heterocycles. The van der Waals surface area contributed by atoms with Crippen LogP contribution < -0.4 is 20.9 Å². The van der Waals surface area contributed by atoms with Gasteiger partial charge in [0.2, 0.25) is 5.91 Å². The molecule has 1 aromatic rings. The van der Waals surface area contributed by atoms with Gasteiger partial charge in [-0.2, -0.15) is 0 Å². The number of para-hydroxylation sites is 1. The van der Waals surface area contributed by atoms with Gasteiger partial charge in [0.15, 0.2) is 5.96 Å². The van der Waals surface area contributed by atoms with Gasteiger partial charge in [-0.25, -0.2) is 0 Å². The van der Waals surface area contributed by atoms with E-state index in [1.54, 1.807) is 0 Å². The second-order valence-corrected chi connectivity index (χ2v) is 7.49. The fraction of sp³-hybridized carbons (Fsp3) is 0.600. The zero-order valence-corrected chi connectivity index (χ0v) is 20.1. The zero-order chi connectivity index (χ0) is 19.6. The first-order chi connectivity index (χ1) is 13.0. The van der Waals surface area contributed by atoms with Crippen molar-refractivity contribution >= 4 is 53.1 Å². The lowest BCUT2D eigenvalue weighted by Gasteiger charge is -2.35. The topological polar surface area (TPSA) is 68.8 Å². The molecule has 0 bridgehead atoms. The Kier molecular flexibility index (Phi) is 11.6. The predicted molar refractivity (Wildman–Crippen MR) is 129 cm³/mol. The molecule has 6 nitrogen and oxygen atoms in total. The van der Waals surface area contributed by atoms with E-state index in [4.69, 9.17) is 11.6 Å². The molecule has 3 N–H and O–H groups in total. The number of piperidine rings is 1. The van der Waals surface area contributed by atoms with Gasteiger partial charge in [-0.05, 0) is 31.9 Å². The lowest BCUT2D eigenvalue weighted by Crippen LogP contribution is -2.51. The Morgan fingerprint density at radius 1 is 1.32 bits per heavy atom. The quantitative estimate of drug-likeness (QED) is 0.223. The number of carbonyl (C=O) groups excluding carboxylic acids is 1. The molecule has 1 aliphatic heterocycles. The van der Waals surface area contributed by atoms with Crippen molar-refractivity contribution in [2.45, 2.75) is 39.7 Å². The summed E-state index contributed by atoms with van der Waals surface area (Å²) in [6, 6.07) is 8.29. The van der Waals surface area contributed by atoms with Crippen molar-refractivity contribution in [3.8, 4) is 0 Å². The van der Waals surface area contributed by atoms with Gasteiger partial charge >= 0.3 is 0 Å². The van der Waals surface area contributed by atoms with E-state index in [1.165, 1.54) is 0 Å². The number of anilines is 1. The van der Waals surface area contributed by atoms with E-state index in [0.29, 0.717) is 19.1 Å². The molecule has 28 heavy (non-hydrogen) atoms. The summed E-state index contributed by atoms with van der Waals surface area (Å²) in [5, 5.41) is 10.5. The Bertz CT molecular complexity index is 641. The average molecular weight is 522 g/mol. The molecule has 1 amide bonds. The Morgan fingerprint density at radius 2 is 2.07 bits per heavy atom. The molecule has 0 radical (unpaired) electrons. The van der Waals surface area contributed by atoms with Crippen LogP contribution in [0.5, 0.6) is 0 Å². The van der Waals surface area contributed by atoms with Gasteiger partial charge in [0.25, 0.3) is 0 Å². The van der Waals surface area contributed by atoms with Crippen molar-refractivity contribution in [2.24, 2.45) is 10.9 Å². The first-order valence-electron chi connectivity index (χ1n) is 9.83. The Morgan fingerprint density at radius 3 is 2.75 bits per heavy atom. The maximum Gasteiger partial charge on any atom is 0.222 e. The third-order valence-electron chi connectivity index (χ3n) is 4.50. The van der Waals surface area contributed by atoms with Crippen molar-refractivity contribution in [1.82, 2.24) is 16.0 Å². The number of amides is 1. The van der Waals surface area contributed by atoms with Crippen LogP contribution in [0.1, 0.15) is 33.6 Å². The first-order valence-corrected chi connectivity index (χ1v) is 10.2. The summed E-state index contributed by atoms with van der Waals surface area (Å²) in [7, 11) is 0. The number of rotatable bonds is 7. The molecule has 1 unspecified atom stereocenters. The van der Waals surface area contributed by atoms with Crippen LogP contribution in [0.4, 0.5) is 5.69 Å². The van der Waals surface area contributed by atoms with Crippen LogP contribution in [0, 0.1) is 5.92 Å². The van der Waals surface area contributed by atoms with Gasteiger partial charge in [0.1, 0.15) is 0 Å².